The Bertz CT molecular complexity index is 681. The van der Waals surface area contributed by atoms with Gasteiger partial charge in [0, 0.05) is 30.7 Å². The first-order chi connectivity index (χ1) is 10.1. The minimum absolute atomic E-state index is 0.0258. The van der Waals surface area contributed by atoms with E-state index in [1.807, 2.05) is 19.1 Å². The van der Waals surface area contributed by atoms with Gasteiger partial charge < -0.3 is 10.6 Å². The van der Waals surface area contributed by atoms with Gasteiger partial charge in [-0.1, -0.05) is 23.8 Å². The zero-order valence-electron chi connectivity index (χ0n) is 12.3. The van der Waals surface area contributed by atoms with E-state index in [9.17, 15) is 4.79 Å². The first-order valence-electron chi connectivity index (χ1n) is 7.17. The molecule has 0 aliphatic carbocycles. The third kappa shape index (κ3) is 2.95. The number of benzene rings is 1. The molecule has 21 heavy (non-hydrogen) atoms. The van der Waals surface area contributed by atoms with Crippen LogP contribution in [0.3, 0.4) is 0 Å². The maximum atomic E-state index is 12.6. The van der Waals surface area contributed by atoms with E-state index in [0.29, 0.717) is 6.54 Å². The number of anilines is 1. The van der Waals surface area contributed by atoms with Gasteiger partial charge in [-0.25, -0.2) is 0 Å². The monoisotopic (exact) mass is 281 g/mol. The van der Waals surface area contributed by atoms with Crippen LogP contribution in [0.2, 0.25) is 0 Å². The standard InChI is InChI=1S/C17H19N3O/c1-11-3-4-15-13(7-11)9-18-10-16(15)17(21)20-14-5-6-19-12(2)8-14/h3-8,16,18H,9-10H2,1-2H3,(H,19,20,21). The van der Waals surface area contributed by atoms with Crippen molar-refractivity contribution in [1.29, 1.82) is 0 Å². The predicted molar refractivity (Wildman–Crippen MR) is 83.2 cm³/mol. The number of aryl methyl sites for hydroxylation is 2. The van der Waals surface area contributed by atoms with Gasteiger partial charge in [-0.15, -0.1) is 0 Å². The number of fused-ring (bicyclic) bond motifs is 1. The normalized spacial score (nSPS) is 17.1. The fourth-order valence-corrected chi connectivity index (χ4v) is 2.78. The van der Waals surface area contributed by atoms with Crippen LogP contribution in [0, 0.1) is 13.8 Å². The number of nitrogens with one attached hydrogen (secondary N) is 2. The van der Waals surface area contributed by atoms with Crippen molar-refractivity contribution < 1.29 is 4.79 Å². The summed E-state index contributed by atoms with van der Waals surface area (Å²) in [5, 5.41) is 6.31. The molecular weight excluding hydrogens is 262 g/mol. The summed E-state index contributed by atoms with van der Waals surface area (Å²) < 4.78 is 0. The minimum Gasteiger partial charge on any atom is -0.325 e. The number of pyridine rings is 1. The van der Waals surface area contributed by atoms with Crippen molar-refractivity contribution in [3.05, 3.63) is 58.9 Å². The summed E-state index contributed by atoms with van der Waals surface area (Å²) in [6.07, 6.45) is 1.71. The van der Waals surface area contributed by atoms with Gasteiger partial charge in [0.2, 0.25) is 5.91 Å². The van der Waals surface area contributed by atoms with Gasteiger partial charge in [-0.2, -0.15) is 0 Å². The maximum absolute atomic E-state index is 12.6. The molecule has 1 amide bonds. The molecule has 3 rings (SSSR count). The summed E-state index contributed by atoms with van der Waals surface area (Å²) >= 11 is 0. The predicted octanol–water partition coefficient (Wildman–Crippen LogP) is 2.52. The Hall–Kier alpha value is -2.20. The molecule has 0 spiro atoms. The van der Waals surface area contributed by atoms with Gasteiger partial charge in [0.15, 0.2) is 0 Å². The molecule has 0 saturated heterocycles. The smallest absolute Gasteiger partial charge is 0.233 e. The van der Waals surface area contributed by atoms with E-state index in [4.69, 9.17) is 0 Å². The van der Waals surface area contributed by atoms with Crippen molar-refractivity contribution >= 4 is 11.6 Å². The number of carbonyl (C=O) groups is 1. The van der Waals surface area contributed by atoms with E-state index in [1.54, 1.807) is 6.20 Å². The highest BCUT2D eigenvalue weighted by Crippen LogP contribution is 2.26. The lowest BCUT2D eigenvalue weighted by molar-refractivity contribution is -0.117. The van der Waals surface area contributed by atoms with Gasteiger partial charge >= 0.3 is 0 Å². The molecular formula is C17H19N3O. The van der Waals surface area contributed by atoms with Crippen LogP contribution < -0.4 is 10.6 Å². The number of carbonyl (C=O) groups excluding carboxylic acids is 1. The number of amides is 1. The van der Waals surface area contributed by atoms with Gasteiger partial charge in [0.25, 0.3) is 0 Å². The average molecular weight is 281 g/mol. The minimum atomic E-state index is -0.150. The Balaban J connectivity index is 1.83. The fraction of sp³-hybridized carbons (Fsp3) is 0.294. The zero-order chi connectivity index (χ0) is 14.8. The third-order valence-electron chi connectivity index (χ3n) is 3.82. The SMILES string of the molecule is Cc1ccc2c(c1)CNCC2C(=O)Nc1ccnc(C)c1. The molecule has 1 aliphatic heterocycles. The van der Waals surface area contributed by atoms with Crippen LogP contribution in [0.1, 0.15) is 28.3 Å². The second-order valence-corrected chi connectivity index (χ2v) is 5.56. The van der Waals surface area contributed by atoms with E-state index < -0.39 is 0 Å². The lowest BCUT2D eigenvalue weighted by Crippen LogP contribution is -2.35. The number of aromatic nitrogens is 1. The highest BCUT2D eigenvalue weighted by molar-refractivity contribution is 5.96. The number of hydrogen-bond donors (Lipinski definition) is 2. The molecule has 0 radical (unpaired) electrons. The fourth-order valence-electron chi connectivity index (χ4n) is 2.78. The second kappa shape index (κ2) is 5.66. The third-order valence-corrected chi connectivity index (χ3v) is 3.82. The summed E-state index contributed by atoms with van der Waals surface area (Å²) in [5.74, 6) is -0.124. The molecule has 1 aliphatic rings. The number of rotatable bonds is 2. The second-order valence-electron chi connectivity index (χ2n) is 5.56. The van der Waals surface area contributed by atoms with E-state index in [2.05, 4.69) is 40.7 Å². The number of hydrogen-bond acceptors (Lipinski definition) is 3. The molecule has 0 fully saturated rings. The molecule has 108 valence electrons. The van der Waals surface area contributed by atoms with E-state index >= 15 is 0 Å². The van der Waals surface area contributed by atoms with Gasteiger partial charge in [-0.3, -0.25) is 9.78 Å². The Morgan fingerprint density at radius 2 is 2.14 bits per heavy atom. The van der Waals surface area contributed by atoms with Crippen molar-refractivity contribution in [3.8, 4) is 0 Å². The molecule has 1 aromatic heterocycles. The largest absolute Gasteiger partial charge is 0.325 e. The summed E-state index contributed by atoms with van der Waals surface area (Å²) in [6.45, 7) is 5.49. The van der Waals surface area contributed by atoms with Crippen LogP contribution in [-0.4, -0.2) is 17.4 Å². The lowest BCUT2D eigenvalue weighted by Gasteiger charge is -2.26. The molecule has 4 nitrogen and oxygen atoms in total. The molecule has 4 heteroatoms. The van der Waals surface area contributed by atoms with Crippen LogP contribution in [0.5, 0.6) is 0 Å². The van der Waals surface area contributed by atoms with Crippen molar-refractivity contribution in [2.45, 2.75) is 26.3 Å². The molecule has 1 aromatic carbocycles. The van der Waals surface area contributed by atoms with Gasteiger partial charge in [0.1, 0.15) is 0 Å². The van der Waals surface area contributed by atoms with E-state index in [0.717, 1.165) is 23.5 Å². The quantitative estimate of drug-likeness (QED) is 0.889. The molecule has 2 aromatic rings. The van der Waals surface area contributed by atoms with Crippen molar-refractivity contribution in [2.75, 3.05) is 11.9 Å². The molecule has 0 bridgehead atoms. The molecule has 1 atom stereocenters. The van der Waals surface area contributed by atoms with Crippen LogP contribution in [-0.2, 0) is 11.3 Å². The summed E-state index contributed by atoms with van der Waals surface area (Å²) in [6, 6.07) is 9.99. The van der Waals surface area contributed by atoms with Crippen molar-refractivity contribution in [2.24, 2.45) is 0 Å². The maximum Gasteiger partial charge on any atom is 0.233 e. The highest BCUT2D eigenvalue weighted by atomic mass is 16.1. The van der Waals surface area contributed by atoms with Gasteiger partial charge in [-0.05, 0) is 37.1 Å². The van der Waals surface area contributed by atoms with E-state index in [1.165, 1.54) is 11.1 Å². The van der Waals surface area contributed by atoms with Crippen molar-refractivity contribution in [1.82, 2.24) is 10.3 Å². The van der Waals surface area contributed by atoms with Crippen LogP contribution in [0.25, 0.3) is 0 Å². The van der Waals surface area contributed by atoms with Crippen LogP contribution >= 0.6 is 0 Å². The topological polar surface area (TPSA) is 54.0 Å². The molecule has 0 saturated carbocycles. The number of nitrogens with zero attached hydrogens (tertiary/aromatic N) is 1. The summed E-state index contributed by atoms with van der Waals surface area (Å²) in [7, 11) is 0. The van der Waals surface area contributed by atoms with Crippen molar-refractivity contribution in [3.63, 3.8) is 0 Å². The Morgan fingerprint density at radius 1 is 1.29 bits per heavy atom. The van der Waals surface area contributed by atoms with Crippen LogP contribution in [0.4, 0.5) is 5.69 Å². The zero-order valence-corrected chi connectivity index (χ0v) is 12.3. The van der Waals surface area contributed by atoms with E-state index in [-0.39, 0.29) is 11.8 Å². The summed E-state index contributed by atoms with van der Waals surface area (Å²) in [5.41, 5.74) is 5.26. The molecule has 2 N–H and O–H groups in total. The molecule has 2 heterocycles. The first kappa shape index (κ1) is 13.8. The summed E-state index contributed by atoms with van der Waals surface area (Å²) in [4.78, 5) is 16.7. The molecule has 1 unspecified atom stereocenters. The Labute approximate surface area is 124 Å². The Morgan fingerprint density at radius 3 is 2.95 bits per heavy atom. The highest BCUT2D eigenvalue weighted by Gasteiger charge is 2.26. The Kier molecular flexibility index (Phi) is 3.71. The lowest BCUT2D eigenvalue weighted by atomic mass is 9.89. The average Bonchev–Trinajstić information content (AvgIpc) is 2.46. The van der Waals surface area contributed by atoms with Gasteiger partial charge in [0.05, 0.1) is 5.92 Å². The first-order valence-corrected chi connectivity index (χ1v) is 7.17. The van der Waals surface area contributed by atoms with Crippen LogP contribution in [0.15, 0.2) is 36.5 Å².